The van der Waals surface area contributed by atoms with Crippen molar-refractivity contribution in [3.05, 3.63) is 88.7 Å². The topological polar surface area (TPSA) is 103 Å². The number of nitrogens with one attached hydrogen (secondary N) is 1. The maximum Gasteiger partial charge on any atom is 0.280 e. The predicted molar refractivity (Wildman–Crippen MR) is 123 cm³/mol. The predicted octanol–water partition coefficient (Wildman–Crippen LogP) is 3.78. The molecule has 5 aromatic rings. The maximum absolute atomic E-state index is 12.8. The van der Waals surface area contributed by atoms with Crippen molar-refractivity contribution in [2.75, 3.05) is 5.32 Å². The average molecular weight is 489 g/mol. The van der Waals surface area contributed by atoms with Gasteiger partial charge in [0, 0.05) is 27.6 Å². The van der Waals surface area contributed by atoms with Crippen LogP contribution in [-0.4, -0.2) is 40.6 Å². The van der Waals surface area contributed by atoms with Crippen molar-refractivity contribution in [1.82, 2.24) is 34.7 Å². The van der Waals surface area contributed by atoms with Crippen molar-refractivity contribution >= 4 is 38.6 Å². The third kappa shape index (κ3) is 3.87. The summed E-state index contributed by atoms with van der Waals surface area (Å²) in [6.07, 6.45) is 5.09. The zero-order valence-corrected chi connectivity index (χ0v) is 18.6. The van der Waals surface area contributed by atoms with E-state index in [1.807, 2.05) is 48.5 Å². The number of carbonyl (C=O) groups excluding carboxylic acids is 1. The number of amides is 1. The molecule has 2 aromatic carbocycles. The first-order valence-electron chi connectivity index (χ1n) is 9.79. The van der Waals surface area contributed by atoms with Crippen LogP contribution in [-0.2, 0) is 6.54 Å². The van der Waals surface area contributed by atoms with E-state index in [1.165, 1.54) is 0 Å². The second-order valence-electron chi connectivity index (χ2n) is 7.16. The fraction of sp³-hybridized carbons (Fsp3) is 0.0909. The molecule has 158 valence electrons. The molecule has 0 fully saturated rings. The van der Waals surface area contributed by atoms with Crippen molar-refractivity contribution in [1.29, 1.82) is 0 Å². The highest BCUT2D eigenvalue weighted by atomic mass is 79.9. The molecule has 0 saturated carbocycles. The van der Waals surface area contributed by atoms with Crippen molar-refractivity contribution < 1.29 is 4.79 Å². The Bertz CT molecular complexity index is 1420. The molecule has 3 aromatic heterocycles. The van der Waals surface area contributed by atoms with Gasteiger partial charge in [-0.1, -0.05) is 45.4 Å². The molecular weight excluding hydrogens is 472 g/mol. The largest absolute Gasteiger partial charge is 0.288 e. The lowest BCUT2D eigenvalue weighted by Crippen LogP contribution is -2.15. The lowest BCUT2D eigenvalue weighted by atomic mass is 10.1. The van der Waals surface area contributed by atoms with E-state index < -0.39 is 5.91 Å². The summed E-state index contributed by atoms with van der Waals surface area (Å²) in [4.78, 5) is 21.2. The summed E-state index contributed by atoms with van der Waals surface area (Å²) >= 11 is 3.42. The fourth-order valence-electron chi connectivity index (χ4n) is 3.42. The number of aromatic nitrogens is 7. The molecule has 0 aliphatic rings. The van der Waals surface area contributed by atoms with Gasteiger partial charge in [-0.05, 0) is 36.8 Å². The van der Waals surface area contributed by atoms with E-state index in [0.717, 1.165) is 26.5 Å². The number of nitrogens with zero attached hydrogens (tertiary/aromatic N) is 7. The van der Waals surface area contributed by atoms with Gasteiger partial charge in [0.05, 0.1) is 17.9 Å². The second-order valence-corrected chi connectivity index (χ2v) is 8.07. The molecule has 0 aliphatic carbocycles. The molecule has 0 aliphatic heterocycles. The van der Waals surface area contributed by atoms with Gasteiger partial charge >= 0.3 is 0 Å². The summed E-state index contributed by atoms with van der Waals surface area (Å²) in [6.45, 7) is 2.34. The molecule has 0 radical (unpaired) electrons. The third-order valence-corrected chi connectivity index (χ3v) is 5.54. The van der Waals surface area contributed by atoms with E-state index in [1.54, 1.807) is 35.0 Å². The Kier molecular flexibility index (Phi) is 5.20. The fourth-order valence-corrected chi connectivity index (χ4v) is 3.69. The maximum atomic E-state index is 12.8. The second kappa shape index (κ2) is 8.31. The van der Waals surface area contributed by atoms with E-state index in [0.29, 0.717) is 12.2 Å². The third-order valence-electron chi connectivity index (χ3n) is 5.02. The van der Waals surface area contributed by atoms with Gasteiger partial charge in [-0.15, -0.1) is 10.2 Å². The minimum Gasteiger partial charge on any atom is -0.288 e. The quantitative estimate of drug-likeness (QED) is 0.403. The Hall–Kier alpha value is -3.92. The van der Waals surface area contributed by atoms with E-state index >= 15 is 0 Å². The monoisotopic (exact) mass is 488 g/mol. The molecule has 1 amide bonds. The van der Waals surface area contributed by atoms with Crippen LogP contribution in [0.1, 0.15) is 21.7 Å². The van der Waals surface area contributed by atoms with E-state index in [2.05, 4.69) is 46.6 Å². The molecule has 0 spiro atoms. The van der Waals surface area contributed by atoms with Crippen molar-refractivity contribution in [3.8, 4) is 5.69 Å². The van der Waals surface area contributed by atoms with Gasteiger partial charge in [-0.3, -0.25) is 15.1 Å². The number of halogens is 1. The summed E-state index contributed by atoms with van der Waals surface area (Å²) in [6, 6.07) is 15.7. The van der Waals surface area contributed by atoms with Crippen molar-refractivity contribution in [3.63, 3.8) is 0 Å². The van der Waals surface area contributed by atoms with Crippen LogP contribution in [0.4, 0.5) is 5.95 Å². The highest BCUT2D eigenvalue weighted by molar-refractivity contribution is 9.10. The number of fused-ring (bicyclic) bond motifs is 1. The first-order chi connectivity index (χ1) is 15.6. The molecular formula is C22H17BrN8O. The highest BCUT2D eigenvalue weighted by Crippen LogP contribution is 2.22. The van der Waals surface area contributed by atoms with Crippen LogP contribution in [0.25, 0.3) is 16.5 Å². The molecule has 1 N–H and O–H groups in total. The van der Waals surface area contributed by atoms with E-state index in [-0.39, 0.29) is 11.6 Å². The van der Waals surface area contributed by atoms with Crippen LogP contribution >= 0.6 is 15.9 Å². The zero-order valence-electron chi connectivity index (χ0n) is 17.0. The summed E-state index contributed by atoms with van der Waals surface area (Å²) in [5.74, 6) is -0.214. The number of anilines is 1. The molecule has 0 atom stereocenters. The molecule has 9 nitrogen and oxygen atoms in total. The van der Waals surface area contributed by atoms with Crippen LogP contribution in [0.15, 0.2) is 71.7 Å². The lowest BCUT2D eigenvalue weighted by Gasteiger charge is -2.07. The number of benzene rings is 2. The number of rotatable bonds is 5. The molecule has 3 heterocycles. The highest BCUT2D eigenvalue weighted by Gasteiger charge is 2.19. The van der Waals surface area contributed by atoms with Gasteiger partial charge in [0.1, 0.15) is 6.33 Å². The Labute approximate surface area is 191 Å². The standard InChI is InChI=1S/C22H17BrN8O/c1-14-20(27-29-31(14)19-4-2-3-16-11-24-10-9-18(16)19)21(32)26-22-25-13-30(28-22)12-15-5-7-17(23)8-6-15/h2-11,13H,12H2,1H3,(H,26,28,32). The average Bonchev–Trinajstić information content (AvgIpc) is 3.41. The smallest absolute Gasteiger partial charge is 0.280 e. The van der Waals surface area contributed by atoms with Gasteiger partial charge in [0.25, 0.3) is 5.91 Å². The number of hydrogen-bond acceptors (Lipinski definition) is 6. The molecule has 0 unspecified atom stereocenters. The van der Waals surface area contributed by atoms with Crippen LogP contribution in [0.2, 0.25) is 0 Å². The van der Waals surface area contributed by atoms with Crippen molar-refractivity contribution in [2.24, 2.45) is 0 Å². The van der Waals surface area contributed by atoms with Crippen LogP contribution in [0, 0.1) is 6.92 Å². The minimum atomic E-state index is -0.419. The Morgan fingerprint density at radius 2 is 1.97 bits per heavy atom. The first-order valence-corrected chi connectivity index (χ1v) is 10.6. The Morgan fingerprint density at radius 3 is 2.81 bits per heavy atom. The van der Waals surface area contributed by atoms with Crippen LogP contribution in [0.3, 0.4) is 0 Å². The molecule has 32 heavy (non-hydrogen) atoms. The normalized spacial score (nSPS) is 11.1. The molecule has 10 heteroatoms. The molecule has 5 rings (SSSR count). The lowest BCUT2D eigenvalue weighted by molar-refractivity contribution is 0.102. The first kappa shape index (κ1) is 20.0. The SMILES string of the molecule is Cc1c(C(=O)Nc2ncn(Cc3ccc(Br)cc3)n2)nnn1-c1cccc2cnccc12. The Morgan fingerprint density at radius 1 is 1.12 bits per heavy atom. The number of carbonyl (C=O) groups is 1. The van der Waals surface area contributed by atoms with Crippen LogP contribution < -0.4 is 5.32 Å². The molecule has 0 saturated heterocycles. The number of hydrogen-bond donors (Lipinski definition) is 1. The van der Waals surface area contributed by atoms with Crippen LogP contribution in [0.5, 0.6) is 0 Å². The van der Waals surface area contributed by atoms with E-state index in [4.69, 9.17) is 0 Å². The zero-order chi connectivity index (χ0) is 22.1. The van der Waals surface area contributed by atoms with Gasteiger partial charge in [0.15, 0.2) is 5.69 Å². The van der Waals surface area contributed by atoms with Gasteiger partial charge < -0.3 is 0 Å². The summed E-state index contributed by atoms with van der Waals surface area (Å²) in [5.41, 5.74) is 2.72. The van der Waals surface area contributed by atoms with Gasteiger partial charge in [-0.25, -0.2) is 14.3 Å². The minimum absolute atomic E-state index is 0.206. The summed E-state index contributed by atoms with van der Waals surface area (Å²) in [7, 11) is 0. The number of pyridine rings is 1. The van der Waals surface area contributed by atoms with E-state index in [9.17, 15) is 4.79 Å². The molecule has 0 bridgehead atoms. The summed E-state index contributed by atoms with van der Waals surface area (Å²) in [5, 5.41) is 17.3. The van der Waals surface area contributed by atoms with Crippen molar-refractivity contribution in [2.45, 2.75) is 13.5 Å². The van der Waals surface area contributed by atoms with Gasteiger partial charge in [-0.2, -0.15) is 0 Å². The van der Waals surface area contributed by atoms with Gasteiger partial charge in [0.2, 0.25) is 5.95 Å². The summed E-state index contributed by atoms with van der Waals surface area (Å²) < 4.78 is 4.32. The Balaban J connectivity index is 1.35.